The summed E-state index contributed by atoms with van der Waals surface area (Å²) in [7, 11) is 0. The number of H-pyrrole nitrogens is 1. The molecule has 0 saturated heterocycles. The highest BCUT2D eigenvalue weighted by Crippen LogP contribution is 2.28. The third-order valence-corrected chi connectivity index (χ3v) is 4.77. The molecule has 1 aromatic carbocycles. The van der Waals surface area contributed by atoms with Crippen LogP contribution in [0.3, 0.4) is 0 Å². The standard InChI is InChI=1S/C15H13ClN4S/c1-8-9(2)19-13-4-3-10(5-11(8)13)7-18-15-12(6-17)14(16)20-21-15/h3-5,18-19H,7H2,1-2H3. The molecule has 0 aliphatic rings. The van der Waals surface area contributed by atoms with E-state index in [4.69, 9.17) is 16.9 Å². The molecule has 0 aliphatic carbocycles. The summed E-state index contributed by atoms with van der Waals surface area (Å²) in [6.45, 7) is 4.82. The SMILES string of the molecule is Cc1[nH]c2ccc(CNc3snc(Cl)c3C#N)cc2c1C. The molecule has 106 valence electrons. The summed E-state index contributed by atoms with van der Waals surface area (Å²) in [5, 5.41) is 14.5. The lowest BCUT2D eigenvalue weighted by Gasteiger charge is -2.04. The lowest BCUT2D eigenvalue weighted by Crippen LogP contribution is -1.98. The number of hydrogen-bond acceptors (Lipinski definition) is 4. The summed E-state index contributed by atoms with van der Waals surface area (Å²) in [4.78, 5) is 3.36. The quantitative estimate of drug-likeness (QED) is 0.753. The average molecular weight is 317 g/mol. The topological polar surface area (TPSA) is 64.5 Å². The largest absolute Gasteiger partial charge is 0.370 e. The first kappa shape index (κ1) is 13.9. The first-order chi connectivity index (χ1) is 10.1. The molecule has 2 heterocycles. The summed E-state index contributed by atoms with van der Waals surface area (Å²) in [6.07, 6.45) is 0. The van der Waals surface area contributed by atoms with E-state index < -0.39 is 0 Å². The zero-order valence-corrected chi connectivity index (χ0v) is 13.2. The number of nitriles is 1. The molecule has 2 aromatic heterocycles. The highest BCUT2D eigenvalue weighted by molar-refractivity contribution is 7.10. The molecule has 0 unspecified atom stereocenters. The maximum absolute atomic E-state index is 9.05. The summed E-state index contributed by atoms with van der Waals surface area (Å²) < 4.78 is 3.98. The Balaban J connectivity index is 1.85. The van der Waals surface area contributed by atoms with E-state index in [1.54, 1.807) is 0 Å². The van der Waals surface area contributed by atoms with E-state index in [-0.39, 0.29) is 5.15 Å². The van der Waals surface area contributed by atoms with Gasteiger partial charge in [-0.05, 0) is 48.6 Å². The maximum atomic E-state index is 9.05. The molecule has 0 bridgehead atoms. The van der Waals surface area contributed by atoms with Gasteiger partial charge in [0.1, 0.15) is 16.6 Å². The maximum Gasteiger partial charge on any atom is 0.162 e. The number of anilines is 1. The molecule has 0 amide bonds. The van der Waals surface area contributed by atoms with Crippen LogP contribution in [0.2, 0.25) is 5.15 Å². The highest BCUT2D eigenvalue weighted by Gasteiger charge is 2.11. The molecule has 0 aliphatic heterocycles. The normalized spacial score (nSPS) is 10.8. The lowest BCUT2D eigenvalue weighted by molar-refractivity contribution is 1.16. The number of aryl methyl sites for hydroxylation is 2. The lowest BCUT2D eigenvalue weighted by atomic mass is 10.1. The van der Waals surface area contributed by atoms with Crippen molar-refractivity contribution in [1.82, 2.24) is 9.36 Å². The molecule has 0 fully saturated rings. The summed E-state index contributed by atoms with van der Waals surface area (Å²) in [5.41, 5.74) is 5.17. The van der Waals surface area contributed by atoms with Gasteiger partial charge in [0.05, 0.1) is 0 Å². The Morgan fingerprint density at radius 2 is 2.24 bits per heavy atom. The van der Waals surface area contributed by atoms with E-state index in [1.807, 2.05) is 0 Å². The van der Waals surface area contributed by atoms with Crippen molar-refractivity contribution in [2.24, 2.45) is 0 Å². The third-order valence-electron chi connectivity index (χ3n) is 3.59. The van der Waals surface area contributed by atoms with Crippen molar-refractivity contribution in [2.45, 2.75) is 20.4 Å². The minimum atomic E-state index is 0.262. The van der Waals surface area contributed by atoms with Gasteiger partial charge in [0, 0.05) is 23.1 Å². The van der Waals surface area contributed by atoms with E-state index in [2.05, 4.69) is 52.8 Å². The molecule has 0 radical (unpaired) electrons. The van der Waals surface area contributed by atoms with Crippen molar-refractivity contribution in [3.05, 3.63) is 45.7 Å². The number of nitrogens with zero attached hydrogens (tertiary/aromatic N) is 2. The van der Waals surface area contributed by atoms with Gasteiger partial charge in [-0.2, -0.15) is 9.64 Å². The second-order valence-electron chi connectivity index (χ2n) is 4.90. The van der Waals surface area contributed by atoms with Crippen molar-refractivity contribution in [3.8, 4) is 6.07 Å². The fourth-order valence-electron chi connectivity index (χ4n) is 2.29. The van der Waals surface area contributed by atoms with Gasteiger partial charge < -0.3 is 10.3 Å². The van der Waals surface area contributed by atoms with Gasteiger partial charge in [0.25, 0.3) is 0 Å². The molecular formula is C15H13ClN4S. The molecule has 3 aromatic rings. The molecule has 0 atom stereocenters. The smallest absolute Gasteiger partial charge is 0.162 e. The second kappa shape index (κ2) is 5.40. The number of rotatable bonds is 3. The Hall–Kier alpha value is -2.03. The van der Waals surface area contributed by atoms with Crippen LogP contribution in [0.15, 0.2) is 18.2 Å². The number of hydrogen-bond donors (Lipinski definition) is 2. The van der Waals surface area contributed by atoms with E-state index >= 15 is 0 Å². The second-order valence-corrected chi connectivity index (χ2v) is 6.03. The Morgan fingerprint density at radius 3 is 3.00 bits per heavy atom. The first-order valence-electron chi connectivity index (χ1n) is 6.47. The summed E-state index contributed by atoms with van der Waals surface area (Å²) >= 11 is 7.07. The van der Waals surface area contributed by atoms with Crippen LogP contribution < -0.4 is 5.32 Å². The van der Waals surface area contributed by atoms with Crippen LogP contribution in [-0.4, -0.2) is 9.36 Å². The van der Waals surface area contributed by atoms with Gasteiger partial charge in [-0.15, -0.1) is 0 Å². The summed E-state index contributed by atoms with van der Waals surface area (Å²) in [5.74, 6) is 0. The van der Waals surface area contributed by atoms with Crippen LogP contribution in [0, 0.1) is 25.2 Å². The molecule has 4 nitrogen and oxygen atoms in total. The Morgan fingerprint density at radius 1 is 1.43 bits per heavy atom. The minimum absolute atomic E-state index is 0.262. The van der Waals surface area contributed by atoms with Gasteiger partial charge in [0.15, 0.2) is 5.15 Å². The molecule has 0 spiro atoms. The number of aromatic nitrogens is 2. The average Bonchev–Trinajstić information content (AvgIpc) is 2.98. The molecule has 6 heteroatoms. The summed E-state index contributed by atoms with van der Waals surface area (Å²) in [6, 6.07) is 8.38. The molecule has 2 N–H and O–H groups in total. The van der Waals surface area contributed by atoms with Gasteiger partial charge in [-0.25, -0.2) is 0 Å². The Labute approximate surface area is 131 Å². The van der Waals surface area contributed by atoms with Gasteiger partial charge in [0.2, 0.25) is 0 Å². The van der Waals surface area contributed by atoms with Crippen LogP contribution in [0.25, 0.3) is 10.9 Å². The van der Waals surface area contributed by atoms with Crippen LogP contribution in [0.4, 0.5) is 5.00 Å². The van der Waals surface area contributed by atoms with E-state index in [1.165, 1.54) is 28.2 Å². The zero-order chi connectivity index (χ0) is 15.0. The predicted octanol–water partition coefficient (Wildman–Crippen LogP) is 4.38. The van der Waals surface area contributed by atoms with Crippen molar-refractivity contribution in [2.75, 3.05) is 5.32 Å². The Kier molecular flexibility index (Phi) is 3.58. The van der Waals surface area contributed by atoms with Crippen LogP contribution in [0.1, 0.15) is 22.4 Å². The number of benzene rings is 1. The fraction of sp³-hybridized carbons (Fsp3) is 0.200. The number of aromatic amines is 1. The number of halogens is 1. The van der Waals surface area contributed by atoms with Gasteiger partial charge >= 0.3 is 0 Å². The molecule has 3 rings (SSSR count). The fourth-order valence-corrected chi connectivity index (χ4v) is 3.22. The van der Waals surface area contributed by atoms with Crippen molar-refractivity contribution >= 4 is 39.0 Å². The monoisotopic (exact) mass is 316 g/mol. The number of nitrogens with one attached hydrogen (secondary N) is 2. The van der Waals surface area contributed by atoms with Gasteiger partial charge in [-0.1, -0.05) is 17.7 Å². The van der Waals surface area contributed by atoms with Crippen molar-refractivity contribution < 1.29 is 0 Å². The van der Waals surface area contributed by atoms with Crippen LogP contribution in [-0.2, 0) is 6.54 Å². The first-order valence-corrected chi connectivity index (χ1v) is 7.62. The van der Waals surface area contributed by atoms with Crippen LogP contribution in [0.5, 0.6) is 0 Å². The molecule has 0 saturated carbocycles. The van der Waals surface area contributed by atoms with Crippen molar-refractivity contribution in [3.63, 3.8) is 0 Å². The van der Waals surface area contributed by atoms with Crippen LogP contribution >= 0.6 is 23.1 Å². The molecular weight excluding hydrogens is 304 g/mol. The third kappa shape index (κ3) is 2.48. The minimum Gasteiger partial charge on any atom is -0.370 e. The molecule has 21 heavy (non-hydrogen) atoms. The van der Waals surface area contributed by atoms with Crippen molar-refractivity contribution in [1.29, 1.82) is 5.26 Å². The van der Waals surface area contributed by atoms with E-state index in [0.717, 1.165) is 11.1 Å². The predicted molar refractivity (Wildman–Crippen MR) is 86.9 cm³/mol. The van der Waals surface area contributed by atoms with E-state index in [9.17, 15) is 0 Å². The Bertz CT molecular complexity index is 857. The highest BCUT2D eigenvalue weighted by atomic mass is 35.5. The van der Waals surface area contributed by atoms with E-state index in [0.29, 0.717) is 17.1 Å². The zero-order valence-electron chi connectivity index (χ0n) is 11.6. The van der Waals surface area contributed by atoms with Gasteiger partial charge in [-0.3, -0.25) is 0 Å². The number of fused-ring (bicyclic) bond motifs is 1.